The molecule has 3 atom stereocenters. The standard InChI is InChI=1S/C18H26N2S/c1-12-11-15(9-10-20(12)4)19-14(3)18-13(2)16-7-5-6-8-17(16)21-18/h5-8,12,14-15,19H,9-11H2,1-4H3. The van der Waals surface area contributed by atoms with Crippen molar-refractivity contribution in [1.29, 1.82) is 0 Å². The number of aryl methyl sites for hydroxylation is 1. The highest BCUT2D eigenvalue weighted by Crippen LogP contribution is 2.35. The minimum atomic E-state index is 0.447. The first-order valence-corrected chi connectivity index (χ1v) is 8.82. The first-order valence-electron chi connectivity index (χ1n) is 8.00. The van der Waals surface area contributed by atoms with Crippen molar-refractivity contribution >= 4 is 21.4 Å². The van der Waals surface area contributed by atoms with Gasteiger partial charge in [-0.15, -0.1) is 11.3 Å². The molecule has 1 aromatic carbocycles. The van der Waals surface area contributed by atoms with E-state index < -0.39 is 0 Å². The highest BCUT2D eigenvalue weighted by atomic mass is 32.1. The van der Waals surface area contributed by atoms with Gasteiger partial charge in [-0.1, -0.05) is 18.2 Å². The Balaban J connectivity index is 1.75. The molecule has 2 nitrogen and oxygen atoms in total. The minimum absolute atomic E-state index is 0.447. The summed E-state index contributed by atoms with van der Waals surface area (Å²) in [6.45, 7) is 8.13. The Hall–Kier alpha value is -0.900. The number of fused-ring (bicyclic) bond motifs is 1. The van der Waals surface area contributed by atoms with Gasteiger partial charge in [-0.2, -0.15) is 0 Å². The molecule has 0 aliphatic carbocycles. The lowest BCUT2D eigenvalue weighted by atomic mass is 9.97. The first kappa shape index (κ1) is 15.0. The van der Waals surface area contributed by atoms with Crippen molar-refractivity contribution in [3.05, 3.63) is 34.7 Å². The summed E-state index contributed by atoms with van der Waals surface area (Å²) in [5.74, 6) is 0. The lowest BCUT2D eigenvalue weighted by Gasteiger charge is -2.36. The maximum Gasteiger partial charge on any atom is 0.0391 e. The Morgan fingerprint density at radius 3 is 2.81 bits per heavy atom. The molecule has 1 fully saturated rings. The van der Waals surface area contributed by atoms with Crippen LogP contribution in [-0.2, 0) is 0 Å². The number of benzene rings is 1. The highest BCUT2D eigenvalue weighted by Gasteiger charge is 2.25. The monoisotopic (exact) mass is 302 g/mol. The van der Waals surface area contributed by atoms with Crippen LogP contribution in [0.4, 0.5) is 0 Å². The summed E-state index contributed by atoms with van der Waals surface area (Å²) in [7, 11) is 2.24. The van der Waals surface area contributed by atoms with E-state index >= 15 is 0 Å². The molecule has 21 heavy (non-hydrogen) atoms. The van der Waals surface area contributed by atoms with E-state index in [1.54, 1.807) is 0 Å². The van der Waals surface area contributed by atoms with Gasteiger partial charge in [0.2, 0.25) is 0 Å². The second-order valence-electron chi connectivity index (χ2n) is 6.53. The van der Waals surface area contributed by atoms with Crippen molar-refractivity contribution in [2.24, 2.45) is 0 Å². The molecule has 0 bridgehead atoms. The molecule has 1 saturated heterocycles. The van der Waals surface area contributed by atoms with Crippen molar-refractivity contribution in [1.82, 2.24) is 10.2 Å². The van der Waals surface area contributed by atoms with Gasteiger partial charge in [0.05, 0.1) is 0 Å². The van der Waals surface area contributed by atoms with Gasteiger partial charge in [-0.25, -0.2) is 0 Å². The topological polar surface area (TPSA) is 15.3 Å². The van der Waals surface area contributed by atoms with Gasteiger partial charge in [-0.05, 0) is 64.2 Å². The van der Waals surface area contributed by atoms with E-state index in [2.05, 4.69) is 62.3 Å². The summed E-state index contributed by atoms with van der Waals surface area (Å²) in [5.41, 5.74) is 1.46. The van der Waals surface area contributed by atoms with Crippen LogP contribution in [-0.4, -0.2) is 30.6 Å². The van der Waals surface area contributed by atoms with Crippen LogP contribution in [0, 0.1) is 6.92 Å². The molecular weight excluding hydrogens is 276 g/mol. The van der Waals surface area contributed by atoms with Crippen LogP contribution < -0.4 is 5.32 Å². The molecule has 2 aromatic rings. The third kappa shape index (κ3) is 3.01. The van der Waals surface area contributed by atoms with Crippen LogP contribution in [0.25, 0.3) is 10.1 Å². The maximum atomic E-state index is 3.87. The van der Waals surface area contributed by atoms with Crippen LogP contribution >= 0.6 is 11.3 Å². The predicted molar refractivity (Wildman–Crippen MR) is 93.2 cm³/mol. The molecule has 3 heteroatoms. The summed E-state index contributed by atoms with van der Waals surface area (Å²) in [6, 6.07) is 10.5. The Bertz CT molecular complexity index is 619. The Labute approximate surface area is 132 Å². The average molecular weight is 302 g/mol. The number of rotatable bonds is 3. The molecule has 0 amide bonds. The van der Waals surface area contributed by atoms with Crippen LogP contribution in [0.1, 0.15) is 43.2 Å². The molecule has 0 spiro atoms. The second kappa shape index (κ2) is 6.07. The van der Waals surface area contributed by atoms with Crippen LogP contribution in [0.2, 0.25) is 0 Å². The molecule has 0 saturated carbocycles. The van der Waals surface area contributed by atoms with Gasteiger partial charge in [0.1, 0.15) is 0 Å². The van der Waals surface area contributed by atoms with Crippen molar-refractivity contribution in [2.75, 3.05) is 13.6 Å². The predicted octanol–water partition coefficient (Wildman–Crippen LogP) is 4.34. The van der Waals surface area contributed by atoms with Crippen molar-refractivity contribution in [3.8, 4) is 0 Å². The molecule has 114 valence electrons. The fraction of sp³-hybridized carbons (Fsp3) is 0.556. The number of hydrogen-bond acceptors (Lipinski definition) is 3. The van der Waals surface area contributed by atoms with E-state index in [0.29, 0.717) is 18.1 Å². The van der Waals surface area contributed by atoms with Gasteiger partial charge < -0.3 is 10.2 Å². The zero-order chi connectivity index (χ0) is 15.0. The quantitative estimate of drug-likeness (QED) is 0.907. The second-order valence-corrected chi connectivity index (χ2v) is 7.61. The van der Waals surface area contributed by atoms with Gasteiger partial charge in [0, 0.05) is 27.7 Å². The van der Waals surface area contributed by atoms with Crippen molar-refractivity contribution in [3.63, 3.8) is 0 Å². The molecule has 3 unspecified atom stereocenters. The maximum absolute atomic E-state index is 3.87. The summed E-state index contributed by atoms with van der Waals surface area (Å²) in [4.78, 5) is 3.97. The molecule has 1 aromatic heterocycles. The largest absolute Gasteiger partial charge is 0.307 e. The van der Waals surface area contributed by atoms with E-state index in [9.17, 15) is 0 Å². The first-order chi connectivity index (χ1) is 10.1. The normalized spacial score (nSPS) is 25.3. The SMILES string of the molecule is Cc1c(C(C)NC2CCN(C)C(C)C2)sc2ccccc12. The van der Waals surface area contributed by atoms with E-state index in [1.165, 1.54) is 39.9 Å². The molecule has 3 rings (SSSR count). The molecule has 1 aliphatic rings. The highest BCUT2D eigenvalue weighted by molar-refractivity contribution is 7.19. The molecule has 1 N–H and O–H groups in total. The summed E-state index contributed by atoms with van der Waals surface area (Å²) >= 11 is 1.95. The minimum Gasteiger partial charge on any atom is -0.307 e. The number of piperidine rings is 1. The molecule has 1 aliphatic heterocycles. The molecule has 0 radical (unpaired) electrons. The van der Waals surface area contributed by atoms with Crippen molar-refractivity contribution in [2.45, 2.75) is 51.7 Å². The Morgan fingerprint density at radius 2 is 2.10 bits per heavy atom. The summed E-state index contributed by atoms with van der Waals surface area (Å²) in [6.07, 6.45) is 2.51. The van der Waals surface area contributed by atoms with E-state index in [0.717, 1.165) is 0 Å². The number of nitrogens with one attached hydrogen (secondary N) is 1. The third-order valence-electron chi connectivity index (χ3n) is 4.97. The van der Waals surface area contributed by atoms with E-state index in [1.807, 2.05) is 11.3 Å². The zero-order valence-electron chi connectivity index (χ0n) is 13.5. The lowest BCUT2D eigenvalue weighted by molar-refractivity contribution is 0.163. The smallest absolute Gasteiger partial charge is 0.0391 e. The van der Waals surface area contributed by atoms with E-state index in [4.69, 9.17) is 0 Å². The van der Waals surface area contributed by atoms with Crippen LogP contribution in [0.5, 0.6) is 0 Å². The lowest BCUT2D eigenvalue weighted by Crippen LogP contribution is -2.46. The van der Waals surface area contributed by atoms with Gasteiger partial charge in [-0.3, -0.25) is 0 Å². The molecular formula is C18H26N2S. The number of hydrogen-bond donors (Lipinski definition) is 1. The number of nitrogens with zero attached hydrogens (tertiary/aromatic N) is 1. The summed E-state index contributed by atoms with van der Waals surface area (Å²) < 4.78 is 1.41. The zero-order valence-corrected chi connectivity index (χ0v) is 14.3. The summed E-state index contributed by atoms with van der Waals surface area (Å²) in [5, 5.41) is 5.29. The molecule has 2 heterocycles. The number of thiophene rings is 1. The Morgan fingerprint density at radius 1 is 1.33 bits per heavy atom. The third-order valence-corrected chi connectivity index (χ3v) is 6.42. The Kier molecular flexibility index (Phi) is 4.34. The van der Waals surface area contributed by atoms with Gasteiger partial charge in [0.15, 0.2) is 0 Å². The fourth-order valence-electron chi connectivity index (χ4n) is 3.48. The number of likely N-dealkylation sites (tertiary alicyclic amines) is 1. The van der Waals surface area contributed by atoms with E-state index in [-0.39, 0.29) is 0 Å². The van der Waals surface area contributed by atoms with Crippen LogP contribution in [0.15, 0.2) is 24.3 Å². The van der Waals surface area contributed by atoms with Gasteiger partial charge >= 0.3 is 0 Å². The van der Waals surface area contributed by atoms with Crippen molar-refractivity contribution < 1.29 is 0 Å². The fourth-order valence-corrected chi connectivity index (χ4v) is 4.70. The van der Waals surface area contributed by atoms with Crippen LogP contribution in [0.3, 0.4) is 0 Å². The van der Waals surface area contributed by atoms with Gasteiger partial charge in [0.25, 0.3) is 0 Å². The average Bonchev–Trinajstić information content (AvgIpc) is 2.81.